The van der Waals surface area contributed by atoms with Gasteiger partial charge in [0, 0.05) is 16.4 Å². The number of nitrogens with zero attached hydrogens (tertiary/aromatic N) is 3. The summed E-state index contributed by atoms with van der Waals surface area (Å²) >= 11 is 11.7. The highest BCUT2D eigenvalue weighted by Crippen LogP contribution is 2.27. The molecule has 1 aliphatic carbocycles. The monoisotopic (exact) mass is 480 g/mol. The van der Waals surface area contributed by atoms with E-state index >= 15 is 0 Å². The van der Waals surface area contributed by atoms with E-state index < -0.39 is 0 Å². The molecule has 7 nitrogen and oxygen atoms in total. The summed E-state index contributed by atoms with van der Waals surface area (Å²) in [5.41, 5.74) is 5.01. The van der Waals surface area contributed by atoms with Crippen molar-refractivity contribution in [1.82, 2.24) is 15.3 Å². The number of guanidine groups is 1. The SMILES string of the molecule is COc1ccc(Cl)cc1NC(=S)NC(=NC1Cc2ccccc2C1)Nc1nc(C)cc(C)n1. The van der Waals surface area contributed by atoms with Crippen molar-refractivity contribution in [2.75, 3.05) is 17.7 Å². The number of methoxy groups -OCH3 is 1. The Labute approximate surface area is 203 Å². The first-order valence-electron chi connectivity index (χ1n) is 10.5. The minimum absolute atomic E-state index is 0.0758. The molecule has 1 aliphatic rings. The number of rotatable bonds is 4. The van der Waals surface area contributed by atoms with E-state index in [1.807, 2.05) is 19.9 Å². The first-order chi connectivity index (χ1) is 15.9. The predicted octanol–water partition coefficient (Wildman–Crippen LogP) is 4.68. The van der Waals surface area contributed by atoms with Gasteiger partial charge in [-0.1, -0.05) is 35.9 Å². The number of halogens is 1. The molecule has 0 spiro atoms. The van der Waals surface area contributed by atoms with E-state index in [4.69, 9.17) is 33.5 Å². The first-order valence-corrected chi connectivity index (χ1v) is 11.3. The fraction of sp³-hybridized carbons (Fsp3) is 0.250. The molecular weight excluding hydrogens is 456 g/mol. The number of thiocarbonyl (C=S) groups is 1. The number of benzene rings is 2. The molecule has 0 aliphatic heterocycles. The van der Waals surface area contributed by atoms with Crippen LogP contribution in [0.2, 0.25) is 5.02 Å². The number of aromatic nitrogens is 2. The van der Waals surface area contributed by atoms with Gasteiger partial charge in [-0.05, 0) is 74.3 Å². The number of aryl methyl sites for hydroxylation is 2. The molecule has 1 aromatic heterocycles. The van der Waals surface area contributed by atoms with Crippen molar-refractivity contribution >= 4 is 46.5 Å². The Bertz CT molecular complexity index is 1170. The fourth-order valence-corrected chi connectivity index (χ4v) is 4.21. The topological polar surface area (TPSA) is 83.5 Å². The molecular formula is C24H25ClN6OS. The van der Waals surface area contributed by atoms with Crippen molar-refractivity contribution in [3.05, 3.63) is 76.1 Å². The normalized spacial score (nSPS) is 13.4. The number of fused-ring (bicyclic) bond motifs is 1. The summed E-state index contributed by atoms with van der Waals surface area (Å²) in [7, 11) is 1.59. The van der Waals surface area contributed by atoms with E-state index in [0.29, 0.717) is 33.5 Å². The number of nitrogens with one attached hydrogen (secondary N) is 3. The maximum absolute atomic E-state index is 6.15. The highest BCUT2D eigenvalue weighted by atomic mass is 35.5. The third-order valence-corrected chi connectivity index (χ3v) is 5.63. The number of hydrogen-bond donors (Lipinski definition) is 3. The van der Waals surface area contributed by atoms with Gasteiger partial charge < -0.3 is 15.4 Å². The summed E-state index contributed by atoms with van der Waals surface area (Å²) in [5, 5.41) is 10.4. The second-order valence-electron chi connectivity index (χ2n) is 7.83. The molecule has 0 saturated carbocycles. The minimum Gasteiger partial charge on any atom is -0.495 e. The van der Waals surface area contributed by atoms with E-state index in [-0.39, 0.29) is 6.04 Å². The summed E-state index contributed by atoms with van der Waals surface area (Å²) in [5.74, 6) is 1.55. The number of ether oxygens (including phenoxy) is 1. The molecule has 0 amide bonds. The molecule has 0 radical (unpaired) electrons. The zero-order valence-corrected chi connectivity index (χ0v) is 20.2. The van der Waals surface area contributed by atoms with Crippen molar-refractivity contribution < 1.29 is 4.74 Å². The smallest absolute Gasteiger partial charge is 0.229 e. The van der Waals surface area contributed by atoms with E-state index in [0.717, 1.165) is 24.2 Å². The quantitative estimate of drug-likeness (QED) is 0.284. The average molecular weight is 481 g/mol. The number of hydrogen-bond acceptors (Lipinski definition) is 5. The molecule has 0 bridgehead atoms. The molecule has 0 fully saturated rings. The Balaban J connectivity index is 1.56. The van der Waals surface area contributed by atoms with Crippen molar-refractivity contribution in [2.24, 2.45) is 4.99 Å². The summed E-state index contributed by atoms with van der Waals surface area (Å²) in [6.45, 7) is 3.85. The Morgan fingerprint density at radius 2 is 1.70 bits per heavy atom. The molecule has 33 heavy (non-hydrogen) atoms. The van der Waals surface area contributed by atoms with Crippen LogP contribution in [0.15, 0.2) is 53.5 Å². The van der Waals surface area contributed by atoms with Gasteiger partial charge >= 0.3 is 0 Å². The second kappa shape index (κ2) is 10.1. The van der Waals surface area contributed by atoms with Crippen LogP contribution in [-0.2, 0) is 12.8 Å². The van der Waals surface area contributed by atoms with Crippen molar-refractivity contribution in [3.63, 3.8) is 0 Å². The van der Waals surface area contributed by atoms with Crippen molar-refractivity contribution in [3.8, 4) is 5.75 Å². The molecule has 1 heterocycles. The largest absolute Gasteiger partial charge is 0.495 e. The van der Waals surface area contributed by atoms with Crippen LogP contribution in [0.5, 0.6) is 5.75 Å². The maximum Gasteiger partial charge on any atom is 0.229 e. The van der Waals surface area contributed by atoms with Crippen LogP contribution in [0.1, 0.15) is 22.5 Å². The molecule has 3 aromatic rings. The van der Waals surface area contributed by atoms with Gasteiger partial charge in [-0.25, -0.2) is 15.0 Å². The lowest BCUT2D eigenvalue weighted by Gasteiger charge is -2.17. The third-order valence-electron chi connectivity index (χ3n) is 5.20. The van der Waals surface area contributed by atoms with Crippen LogP contribution in [0, 0.1) is 13.8 Å². The number of anilines is 2. The van der Waals surface area contributed by atoms with Gasteiger partial charge in [0.15, 0.2) is 5.11 Å². The lowest BCUT2D eigenvalue weighted by atomic mass is 10.1. The molecule has 170 valence electrons. The minimum atomic E-state index is 0.0758. The fourth-order valence-electron chi connectivity index (χ4n) is 3.83. The van der Waals surface area contributed by atoms with Crippen LogP contribution in [0.25, 0.3) is 0 Å². The van der Waals surface area contributed by atoms with Gasteiger partial charge in [0.1, 0.15) is 5.75 Å². The lowest BCUT2D eigenvalue weighted by molar-refractivity contribution is 0.417. The van der Waals surface area contributed by atoms with Crippen molar-refractivity contribution in [1.29, 1.82) is 0 Å². The zero-order valence-electron chi connectivity index (χ0n) is 18.6. The second-order valence-corrected chi connectivity index (χ2v) is 8.68. The highest BCUT2D eigenvalue weighted by molar-refractivity contribution is 7.80. The molecule has 0 unspecified atom stereocenters. The molecule has 0 atom stereocenters. The van der Waals surface area contributed by atoms with Crippen LogP contribution < -0.4 is 20.7 Å². The summed E-state index contributed by atoms with van der Waals surface area (Å²) < 4.78 is 5.40. The standard InChI is InChI=1S/C24H25ClN6OS/c1-14-10-15(2)27-22(26-14)30-23(28-19-11-16-6-4-5-7-17(16)12-19)31-24(33)29-20-13-18(25)8-9-21(20)32-3/h4-10,13,19H,11-12H2,1-3H3,(H3,26,27,28,29,30,31,33). The van der Waals surface area contributed by atoms with Gasteiger partial charge in [0.2, 0.25) is 11.9 Å². The van der Waals surface area contributed by atoms with Gasteiger partial charge in [0.05, 0.1) is 18.8 Å². The van der Waals surface area contributed by atoms with Crippen LogP contribution >= 0.6 is 23.8 Å². The van der Waals surface area contributed by atoms with Gasteiger partial charge in [-0.2, -0.15) is 0 Å². The van der Waals surface area contributed by atoms with Gasteiger partial charge in [-0.15, -0.1) is 0 Å². The summed E-state index contributed by atoms with van der Waals surface area (Å²) in [4.78, 5) is 13.9. The van der Waals surface area contributed by atoms with Gasteiger partial charge in [0.25, 0.3) is 0 Å². The zero-order chi connectivity index (χ0) is 23.4. The Hall–Kier alpha value is -3.23. The Morgan fingerprint density at radius 1 is 1.03 bits per heavy atom. The van der Waals surface area contributed by atoms with E-state index in [1.165, 1.54) is 11.1 Å². The average Bonchev–Trinajstić information content (AvgIpc) is 3.15. The molecule has 4 rings (SSSR count). The van der Waals surface area contributed by atoms with Crippen LogP contribution in [-0.4, -0.2) is 34.2 Å². The molecule has 2 aromatic carbocycles. The van der Waals surface area contributed by atoms with E-state index in [1.54, 1.807) is 25.3 Å². The summed E-state index contributed by atoms with van der Waals surface area (Å²) in [6.07, 6.45) is 1.72. The maximum atomic E-state index is 6.15. The Morgan fingerprint density at radius 3 is 2.33 bits per heavy atom. The van der Waals surface area contributed by atoms with E-state index in [2.05, 4.69) is 50.2 Å². The lowest BCUT2D eigenvalue weighted by Crippen LogP contribution is -2.40. The molecule has 9 heteroatoms. The number of aliphatic imine (C=N–C) groups is 1. The summed E-state index contributed by atoms with van der Waals surface area (Å²) in [6, 6.07) is 15.7. The molecule has 3 N–H and O–H groups in total. The van der Waals surface area contributed by atoms with E-state index in [9.17, 15) is 0 Å². The van der Waals surface area contributed by atoms with Gasteiger partial charge in [-0.3, -0.25) is 5.32 Å². The highest BCUT2D eigenvalue weighted by Gasteiger charge is 2.21. The predicted molar refractivity (Wildman–Crippen MR) is 138 cm³/mol. The third kappa shape index (κ3) is 5.97. The van der Waals surface area contributed by atoms with Crippen LogP contribution in [0.4, 0.5) is 11.6 Å². The van der Waals surface area contributed by atoms with Crippen molar-refractivity contribution in [2.45, 2.75) is 32.7 Å². The van der Waals surface area contributed by atoms with Crippen LogP contribution in [0.3, 0.4) is 0 Å². The first kappa shape index (κ1) is 22.9. The Kier molecular flexibility index (Phi) is 7.05. The molecule has 0 saturated heterocycles.